The molecular formula is C20H20F2N4O. The number of amides is 1. The van der Waals surface area contributed by atoms with Crippen LogP contribution in [0.1, 0.15) is 48.9 Å². The lowest BCUT2D eigenvalue weighted by atomic mass is 9.89. The number of nitrogens with one attached hydrogen (secondary N) is 1. The molecular weight excluding hydrogens is 350 g/mol. The van der Waals surface area contributed by atoms with Gasteiger partial charge in [-0.3, -0.25) is 9.78 Å². The molecule has 0 radical (unpaired) electrons. The third-order valence-electron chi connectivity index (χ3n) is 3.96. The number of carbonyl (C=O) groups excluding carboxylic acids is 1. The maximum Gasteiger partial charge on any atom is 0.280 e. The van der Waals surface area contributed by atoms with Crippen LogP contribution < -0.4 is 5.32 Å². The van der Waals surface area contributed by atoms with E-state index in [0.717, 1.165) is 5.69 Å². The zero-order chi connectivity index (χ0) is 19.6. The average Bonchev–Trinajstić information content (AvgIpc) is 3.09. The molecule has 2 heterocycles. The van der Waals surface area contributed by atoms with Gasteiger partial charge in [0.2, 0.25) is 0 Å². The minimum atomic E-state index is -2.65. The molecule has 0 saturated carbocycles. The summed E-state index contributed by atoms with van der Waals surface area (Å²) in [6.45, 7) is 5.92. The first-order valence-corrected chi connectivity index (χ1v) is 8.47. The average molecular weight is 370 g/mol. The third kappa shape index (κ3) is 4.19. The molecule has 5 nitrogen and oxygen atoms in total. The van der Waals surface area contributed by atoms with Gasteiger partial charge in [-0.2, -0.15) is 5.10 Å². The fourth-order valence-corrected chi connectivity index (χ4v) is 2.61. The largest absolute Gasteiger partial charge is 0.320 e. The molecule has 2 aromatic heterocycles. The summed E-state index contributed by atoms with van der Waals surface area (Å²) in [5.74, 6) is -0.367. The summed E-state index contributed by atoms with van der Waals surface area (Å²) in [5.41, 5.74) is 1.55. The summed E-state index contributed by atoms with van der Waals surface area (Å²) in [4.78, 5) is 16.5. The van der Waals surface area contributed by atoms with Gasteiger partial charge in [0, 0.05) is 11.6 Å². The standard InChI is InChI=1S/C20H20F2N4O/c1-20(2,3)17-15(12-26(25-17)14-7-5-4-6-8-14)19(27)24-13-9-10-16(18(21)22)23-11-13/h4-12,18H,1-3H3,(H,24,27). The SMILES string of the molecule is CC(C)(C)c1nn(-c2ccccc2)cc1C(=O)Nc1ccc(C(F)F)nc1. The van der Waals surface area contributed by atoms with Gasteiger partial charge >= 0.3 is 0 Å². The van der Waals surface area contributed by atoms with E-state index in [2.05, 4.69) is 15.4 Å². The number of anilines is 1. The van der Waals surface area contributed by atoms with E-state index < -0.39 is 6.43 Å². The fourth-order valence-electron chi connectivity index (χ4n) is 2.61. The minimum absolute atomic E-state index is 0.333. The van der Waals surface area contributed by atoms with Crippen LogP contribution in [0.2, 0.25) is 0 Å². The summed E-state index contributed by atoms with van der Waals surface area (Å²) >= 11 is 0. The van der Waals surface area contributed by atoms with Gasteiger partial charge < -0.3 is 5.32 Å². The molecule has 140 valence electrons. The number of para-hydroxylation sites is 1. The lowest BCUT2D eigenvalue weighted by molar-refractivity contribution is 0.102. The zero-order valence-corrected chi connectivity index (χ0v) is 15.3. The Morgan fingerprint density at radius 1 is 1.11 bits per heavy atom. The first-order chi connectivity index (χ1) is 12.8. The van der Waals surface area contributed by atoms with Crippen LogP contribution in [0.25, 0.3) is 5.69 Å². The van der Waals surface area contributed by atoms with Crippen molar-refractivity contribution < 1.29 is 13.6 Å². The Bertz CT molecular complexity index is 929. The maximum atomic E-state index is 12.8. The van der Waals surface area contributed by atoms with E-state index >= 15 is 0 Å². The van der Waals surface area contributed by atoms with Crippen molar-refractivity contribution in [3.63, 3.8) is 0 Å². The van der Waals surface area contributed by atoms with Crippen LogP contribution in [0.4, 0.5) is 14.5 Å². The van der Waals surface area contributed by atoms with E-state index in [1.807, 2.05) is 51.1 Å². The number of nitrogens with zero attached hydrogens (tertiary/aromatic N) is 3. The highest BCUT2D eigenvalue weighted by Gasteiger charge is 2.26. The number of hydrogen-bond donors (Lipinski definition) is 1. The summed E-state index contributed by atoms with van der Waals surface area (Å²) in [7, 11) is 0. The Morgan fingerprint density at radius 2 is 1.81 bits per heavy atom. The van der Waals surface area contributed by atoms with Crippen LogP contribution in [0.15, 0.2) is 54.9 Å². The molecule has 0 saturated heterocycles. The van der Waals surface area contributed by atoms with E-state index in [9.17, 15) is 13.6 Å². The number of benzene rings is 1. The van der Waals surface area contributed by atoms with Crippen molar-refractivity contribution in [2.45, 2.75) is 32.6 Å². The predicted octanol–water partition coefficient (Wildman–Crippen LogP) is 4.75. The molecule has 1 aromatic carbocycles. The topological polar surface area (TPSA) is 59.8 Å². The van der Waals surface area contributed by atoms with Crippen molar-refractivity contribution in [3.05, 3.63) is 71.8 Å². The highest BCUT2D eigenvalue weighted by molar-refractivity contribution is 6.05. The second-order valence-electron chi connectivity index (χ2n) is 7.15. The first-order valence-electron chi connectivity index (χ1n) is 8.47. The van der Waals surface area contributed by atoms with Gasteiger partial charge in [-0.15, -0.1) is 0 Å². The van der Waals surface area contributed by atoms with Crippen LogP contribution in [-0.2, 0) is 5.41 Å². The Morgan fingerprint density at radius 3 is 2.37 bits per heavy atom. The number of aromatic nitrogens is 3. The number of hydrogen-bond acceptors (Lipinski definition) is 3. The Kier molecular flexibility index (Phi) is 5.03. The van der Waals surface area contributed by atoms with Crippen LogP contribution in [0.3, 0.4) is 0 Å². The molecule has 0 spiro atoms. The zero-order valence-electron chi connectivity index (χ0n) is 15.3. The number of halogens is 2. The predicted molar refractivity (Wildman–Crippen MR) is 99.4 cm³/mol. The van der Waals surface area contributed by atoms with Crippen molar-refractivity contribution in [2.75, 3.05) is 5.32 Å². The molecule has 7 heteroatoms. The molecule has 0 aliphatic carbocycles. The molecule has 0 aliphatic rings. The van der Waals surface area contributed by atoms with E-state index in [0.29, 0.717) is 16.9 Å². The molecule has 0 atom stereocenters. The molecule has 3 rings (SSSR count). The van der Waals surface area contributed by atoms with Gasteiger partial charge in [0.15, 0.2) is 0 Å². The smallest absolute Gasteiger partial charge is 0.280 e. The molecule has 0 aliphatic heterocycles. The third-order valence-corrected chi connectivity index (χ3v) is 3.96. The molecule has 0 fully saturated rings. The van der Waals surface area contributed by atoms with Crippen molar-refractivity contribution in [1.82, 2.24) is 14.8 Å². The molecule has 1 amide bonds. The van der Waals surface area contributed by atoms with Crippen molar-refractivity contribution >= 4 is 11.6 Å². The molecule has 0 bridgehead atoms. The van der Waals surface area contributed by atoms with Gasteiger partial charge in [0.1, 0.15) is 5.69 Å². The monoisotopic (exact) mass is 370 g/mol. The lowest BCUT2D eigenvalue weighted by Crippen LogP contribution is -2.20. The lowest BCUT2D eigenvalue weighted by Gasteiger charge is -2.17. The summed E-state index contributed by atoms with van der Waals surface area (Å²) in [5, 5.41) is 7.29. The van der Waals surface area contributed by atoms with Gasteiger partial charge in [0.25, 0.3) is 12.3 Å². The minimum Gasteiger partial charge on any atom is -0.320 e. The highest BCUT2D eigenvalue weighted by atomic mass is 19.3. The Labute approximate surface area is 156 Å². The van der Waals surface area contributed by atoms with Gasteiger partial charge in [-0.05, 0) is 24.3 Å². The van der Waals surface area contributed by atoms with Crippen molar-refractivity contribution in [2.24, 2.45) is 0 Å². The normalized spacial score (nSPS) is 11.6. The fraction of sp³-hybridized carbons (Fsp3) is 0.250. The van der Waals surface area contributed by atoms with Gasteiger partial charge in [-0.25, -0.2) is 13.5 Å². The second-order valence-corrected chi connectivity index (χ2v) is 7.15. The quantitative estimate of drug-likeness (QED) is 0.721. The van der Waals surface area contributed by atoms with Crippen molar-refractivity contribution in [1.29, 1.82) is 0 Å². The number of carbonyl (C=O) groups is 1. The van der Waals surface area contributed by atoms with E-state index in [1.165, 1.54) is 18.3 Å². The van der Waals surface area contributed by atoms with Gasteiger partial charge in [0.05, 0.1) is 28.8 Å². The summed E-state index contributed by atoms with van der Waals surface area (Å²) in [6, 6.07) is 12.1. The number of rotatable bonds is 4. The van der Waals surface area contributed by atoms with Crippen LogP contribution in [0.5, 0.6) is 0 Å². The Balaban J connectivity index is 1.92. The van der Waals surface area contributed by atoms with E-state index in [4.69, 9.17) is 0 Å². The molecule has 3 aromatic rings. The summed E-state index contributed by atoms with van der Waals surface area (Å²) in [6.07, 6.45) is 0.246. The van der Waals surface area contributed by atoms with E-state index in [1.54, 1.807) is 10.9 Å². The second kappa shape index (κ2) is 7.26. The van der Waals surface area contributed by atoms with E-state index in [-0.39, 0.29) is 17.0 Å². The molecule has 0 unspecified atom stereocenters. The maximum absolute atomic E-state index is 12.8. The van der Waals surface area contributed by atoms with Gasteiger partial charge in [-0.1, -0.05) is 39.0 Å². The first kappa shape index (κ1) is 18.7. The molecule has 27 heavy (non-hydrogen) atoms. The van der Waals surface area contributed by atoms with Crippen LogP contribution in [0, 0.1) is 0 Å². The molecule has 1 N–H and O–H groups in total. The summed E-state index contributed by atoms with van der Waals surface area (Å²) < 4.78 is 26.9. The highest BCUT2D eigenvalue weighted by Crippen LogP contribution is 2.26. The number of pyridine rings is 1. The van der Waals surface area contributed by atoms with Crippen molar-refractivity contribution in [3.8, 4) is 5.69 Å². The number of alkyl halides is 2. The van der Waals surface area contributed by atoms with Crippen LogP contribution >= 0.6 is 0 Å². The van der Waals surface area contributed by atoms with Crippen LogP contribution in [-0.4, -0.2) is 20.7 Å². The Hall–Kier alpha value is -3.09.